The molecule has 0 spiro atoms. The van der Waals surface area contributed by atoms with Crippen molar-refractivity contribution in [3.8, 4) is 0 Å². The van der Waals surface area contributed by atoms with Gasteiger partial charge in [0, 0.05) is 45.0 Å². The van der Waals surface area contributed by atoms with Gasteiger partial charge in [0.2, 0.25) is 5.91 Å². The van der Waals surface area contributed by atoms with Gasteiger partial charge in [-0.1, -0.05) is 30.3 Å². The second-order valence-corrected chi connectivity index (χ2v) is 7.72. The SMILES string of the molecule is CN(C)C(=O)c1ccc(NC(=O)CN2CCCN(Cc3ccccc3)CC2)cc1. The molecule has 2 aromatic rings. The predicted molar refractivity (Wildman–Crippen MR) is 116 cm³/mol. The average Bonchev–Trinajstić information content (AvgIpc) is 2.93. The first-order valence-corrected chi connectivity index (χ1v) is 10.1. The highest BCUT2D eigenvalue weighted by molar-refractivity contribution is 5.96. The third kappa shape index (κ3) is 6.41. The Hall–Kier alpha value is -2.70. The van der Waals surface area contributed by atoms with Crippen molar-refractivity contribution in [3.05, 3.63) is 65.7 Å². The van der Waals surface area contributed by atoms with Gasteiger partial charge in [0.15, 0.2) is 0 Å². The standard InChI is InChI=1S/C23H30N4O2/c1-25(2)23(29)20-9-11-21(12-10-20)24-22(28)18-27-14-6-13-26(15-16-27)17-19-7-4-3-5-8-19/h3-5,7-12H,6,13-18H2,1-2H3,(H,24,28). The largest absolute Gasteiger partial charge is 0.345 e. The Balaban J connectivity index is 1.46. The maximum Gasteiger partial charge on any atom is 0.253 e. The van der Waals surface area contributed by atoms with E-state index in [4.69, 9.17) is 0 Å². The minimum absolute atomic E-state index is 0.0202. The summed E-state index contributed by atoms with van der Waals surface area (Å²) in [5, 5.41) is 2.94. The molecule has 2 amide bonds. The lowest BCUT2D eigenvalue weighted by Crippen LogP contribution is -2.36. The molecule has 6 nitrogen and oxygen atoms in total. The fraction of sp³-hybridized carbons (Fsp3) is 0.391. The summed E-state index contributed by atoms with van der Waals surface area (Å²) in [6, 6.07) is 17.5. The van der Waals surface area contributed by atoms with Crippen LogP contribution in [0.3, 0.4) is 0 Å². The Bertz CT molecular complexity index is 805. The van der Waals surface area contributed by atoms with Crippen LogP contribution in [0.25, 0.3) is 0 Å². The number of benzene rings is 2. The third-order valence-corrected chi connectivity index (χ3v) is 5.12. The number of hydrogen-bond donors (Lipinski definition) is 1. The number of carbonyl (C=O) groups is 2. The van der Waals surface area contributed by atoms with Crippen LogP contribution in [-0.4, -0.2) is 73.3 Å². The summed E-state index contributed by atoms with van der Waals surface area (Å²) in [7, 11) is 3.44. The van der Waals surface area contributed by atoms with E-state index in [1.807, 2.05) is 6.07 Å². The molecule has 3 rings (SSSR count). The van der Waals surface area contributed by atoms with Crippen molar-refractivity contribution in [1.29, 1.82) is 0 Å². The summed E-state index contributed by atoms with van der Waals surface area (Å²) >= 11 is 0. The van der Waals surface area contributed by atoms with E-state index in [0.717, 1.165) is 39.1 Å². The normalized spacial score (nSPS) is 15.5. The zero-order valence-corrected chi connectivity index (χ0v) is 17.3. The smallest absolute Gasteiger partial charge is 0.253 e. The van der Waals surface area contributed by atoms with Gasteiger partial charge in [0.25, 0.3) is 5.91 Å². The van der Waals surface area contributed by atoms with Crippen LogP contribution in [0.5, 0.6) is 0 Å². The number of amides is 2. The maximum atomic E-state index is 12.5. The van der Waals surface area contributed by atoms with Gasteiger partial charge in [-0.05, 0) is 49.3 Å². The lowest BCUT2D eigenvalue weighted by molar-refractivity contribution is -0.117. The molecule has 1 aliphatic rings. The van der Waals surface area contributed by atoms with Crippen molar-refractivity contribution in [1.82, 2.24) is 14.7 Å². The van der Waals surface area contributed by atoms with E-state index >= 15 is 0 Å². The van der Waals surface area contributed by atoms with E-state index < -0.39 is 0 Å². The van der Waals surface area contributed by atoms with Gasteiger partial charge in [-0.2, -0.15) is 0 Å². The number of rotatable bonds is 6. The number of nitrogens with zero attached hydrogens (tertiary/aromatic N) is 3. The summed E-state index contributed by atoms with van der Waals surface area (Å²) in [5.41, 5.74) is 2.65. The first kappa shape index (κ1) is 21.0. The van der Waals surface area contributed by atoms with E-state index in [2.05, 4.69) is 39.4 Å². The van der Waals surface area contributed by atoms with Gasteiger partial charge >= 0.3 is 0 Å². The number of anilines is 1. The van der Waals surface area contributed by atoms with Gasteiger partial charge < -0.3 is 10.2 Å². The first-order valence-electron chi connectivity index (χ1n) is 10.1. The van der Waals surface area contributed by atoms with Crippen LogP contribution in [0, 0.1) is 0 Å². The van der Waals surface area contributed by atoms with Gasteiger partial charge in [-0.3, -0.25) is 19.4 Å². The van der Waals surface area contributed by atoms with Gasteiger partial charge in [-0.25, -0.2) is 0 Å². The molecule has 0 radical (unpaired) electrons. The van der Waals surface area contributed by atoms with Gasteiger partial charge in [0.1, 0.15) is 0 Å². The second-order valence-electron chi connectivity index (χ2n) is 7.72. The third-order valence-electron chi connectivity index (χ3n) is 5.12. The molecule has 1 heterocycles. The quantitative estimate of drug-likeness (QED) is 0.818. The van der Waals surface area contributed by atoms with Crippen molar-refractivity contribution in [3.63, 3.8) is 0 Å². The Morgan fingerprint density at radius 3 is 2.24 bits per heavy atom. The van der Waals surface area contributed by atoms with E-state index in [9.17, 15) is 9.59 Å². The Labute approximate surface area is 173 Å². The van der Waals surface area contributed by atoms with E-state index in [1.165, 1.54) is 10.5 Å². The van der Waals surface area contributed by atoms with Crippen LogP contribution >= 0.6 is 0 Å². The molecule has 0 bridgehead atoms. The Morgan fingerprint density at radius 1 is 0.897 bits per heavy atom. The molecule has 154 valence electrons. The fourth-order valence-corrected chi connectivity index (χ4v) is 3.54. The molecule has 0 atom stereocenters. The molecule has 0 aromatic heterocycles. The molecular formula is C23H30N4O2. The maximum absolute atomic E-state index is 12.5. The number of carbonyl (C=O) groups excluding carboxylic acids is 2. The lowest BCUT2D eigenvalue weighted by Gasteiger charge is -2.21. The predicted octanol–water partition coefficient (Wildman–Crippen LogP) is 2.53. The molecule has 0 saturated carbocycles. The number of nitrogens with one attached hydrogen (secondary N) is 1. The molecule has 1 aliphatic heterocycles. The topological polar surface area (TPSA) is 55.9 Å². The minimum atomic E-state index is -0.0486. The van der Waals surface area contributed by atoms with Gasteiger partial charge in [0.05, 0.1) is 6.54 Å². The van der Waals surface area contributed by atoms with E-state index in [-0.39, 0.29) is 11.8 Å². The van der Waals surface area contributed by atoms with Crippen molar-refractivity contribution in [2.75, 3.05) is 52.1 Å². The molecule has 1 fully saturated rings. The van der Waals surface area contributed by atoms with Crippen LogP contribution < -0.4 is 5.32 Å². The van der Waals surface area contributed by atoms with Crippen LogP contribution in [-0.2, 0) is 11.3 Å². The molecule has 29 heavy (non-hydrogen) atoms. The van der Waals surface area contributed by atoms with Crippen LogP contribution in [0.2, 0.25) is 0 Å². The van der Waals surface area contributed by atoms with Crippen molar-refractivity contribution >= 4 is 17.5 Å². The first-order chi connectivity index (χ1) is 14.0. The molecule has 1 N–H and O–H groups in total. The Kier molecular flexibility index (Phi) is 7.38. The van der Waals surface area contributed by atoms with E-state index in [1.54, 1.807) is 38.4 Å². The van der Waals surface area contributed by atoms with Crippen LogP contribution in [0.15, 0.2) is 54.6 Å². The minimum Gasteiger partial charge on any atom is -0.345 e. The molecule has 6 heteroatoms. The average molecular weight is 395 g/mol. The molecule has 1 saturated heterocycles. The molecule has 2 aromatic carbocycles. The summed E-state index contributed by atoms with van der Waals surface area (Å²) in [6.07, 6.45) is 1.06. The zero-order chi connectivity index (χ0) is 20.6. The number of hydrogen-bond acceptors (Lipinski definition) is 4. The van der Waals surface area contributed by atoms with Crippen LogP contribution in [0.4, 0.5) is 5.69 Å². The van der Waals surface area contributed by atoms with Crippen molar-refractivity contribution in [2.45, 2.75) is 13.0 Å². The monoisotopic (exact) mass is 394 g/mol. The summed E-state index contributed by atoms with van der Waals surface area (Å²) < 4.78 is 0. The van der Waals surface area contributed by atoms with E-state index in [0.29, 0.717) is 17.8 Å². The highest BCUT2D eigenvalue weighted by atomic mass is 16.2. The fourth-order valence-electron chi connectivity index (χ4n) is 3.54. The second kappa shape index (κ2) is 10.2. The van der Waals surface area contributed by atoms with Crippen molar-refractivity contribution < 1.29 is 9.59 Å². The Morgan fingerprint density at radius 2 is 1.55 bits per heavy atom. The van der Waals surface area contributed by atoms with Gasteiger partial charge in [-0.15, -0.1) is 0 Å². The highest BCUT2D eigenvalue weighted by Gasteiger charge is 2.17. The molecule has 0 unspecified atom stereocenters. The summed E-state index contributed by atoms with van der Waals surface area (Å²) in [6.45, 7) is 5.17. The van der Waals surface area contributed by atoms with Crippen LogP contribution in [0.1, 0.15) is 22.3 Å². The van der Waals surface area contributed by atoms with Crippen molar-refractivity contribution in [2.24, 2.45) is 0 Å². The summed E-state index contributed by atoms with van der Waals surface area (Å²) in [5.74, 6) is -0.0688. The highest BCUT2D eigenvalue weighted by Crippen LogP contribution is 2.12. The lowest BCUT2D eigenvalue weighted by atomic mass is 10.2. The molecule has 0 aliphatic carbocycles. The molecular weight excluding hydrogens is 364 g/mol. The zero-order valence-electron chi connectivity index (χ0n) is 17.3. The summed E-state index contributed by atoms with van der Waals surface area (Å²) in [4.78, 5) is 30.6.